The number of carbonyl (C=O) groups excluding carboxylic acids is 2. The number of hydrazine groups is 1. The van der Waals surface area contributed by atoms with Gasteiger partial charge in [-0.05, 0) is 16.7 Å². The summed E-state index contributed by atoms with van der Waals surface area (Å²) in [6.07, 6.45) is -0.561. The maximum atomic E-state index is 12.9. The maximum Gasteiger partial charge on any atom is 0.408 e. The predicted molar refractivity (Wildman–Crippen MR) is 139 cm³/mol. The van der Waals surface area contributed by atoms with Crippen molar-refractivity contribution in [3.63, 3.8) is 0 Å². The lowest BCUT2D eigenvalue weighted by Crippen LogP contribution is -2.56. The summed E-state index contributed by atoms with van der Waals surface area (Å²) >= 11 is 1.47. The maximum absolute atomic E-state index is 12.9. The van der Waals surface area contributed by atoms with Gasteiger partial charge >= 0.3 is 12.1 Å². The Morgan fingerprint density at radius 1 is 0.778 bits per heavy atom. The van der Waals surface area contributed by atoms with E-state index < -0.39 is 30.1 Å². The third-order valence-corrected chi connectivity index (χ3v) is 6.27. The molecule has 0 unspecified atom stereocenters. The summed E-state index contributed by atoms with van der Waals surface area (Å²) in [6.45, 7) is 0.0641. The van der Waals surface area contributed by atoms with Crippen molar-refractivity contribution in [3.05, 3.63) is 108 Å². The molecular weight excluding hydrogens is 478 g/mol. The normalized spacial score (nSPS) is 12.2. The van der Waals surface area contributed by atoms with E-state index >= 15 is 0 Å². The SMILES string of the molecule is O=C(N[C@@H](CSCc1ccccc1)C(=O)NN[C@@H](Cc1ccccc1)C(=O)O)OCc1ccccc1. The predicted octanol–water partition coefficient (Wildman–Crippen LogP) is 3.53. The van der Waals surface area contributed by atoms with Gasteiger partial charge in [-0.25, -0.2) is 10.2 Å². The number of rotatable bonds is 13. The van der Waals surface area contributed by atoms with E-state index in [1.807, 2.05) is 91.0 Å². The molecule has 3 rings (SSSR count). The van der Waals surface area contributed by atoms with Gasteiger partial charge in [0, 0.05) is 17.9 Å². The number of nitrogens with one attached hydrogen (secondary N) is 3. The first-order valence-corrected chi connectivity index (χ1v) is 12.6. The Labute approximate surface area is 214 Å². The van der Waals surface area contributed by atoms with Gasteiger partial charge in [-0.1, -0.05) is 91.0 Å². The largest absolute Gasteiger partial charge is 0.480 e. The van der Waals surface area contributed by atoms with Crippen molar-refractivity contribution in [2.24, 2.45) is 0 Å². The average molecular weight is 508 g/mol. The van der Waals surface area contributed by atoms with Gasteiger partial charge in [-0.2, -0.15) is 11.8 Å². The lowest BCUT2D eigenvalue weighted by molar-refractivity contribution is -0.140. The van der Waals surface area contributed by atoms with Crippen LogP contribution in [0.25, 0.3) is 0 Å². The summed E-state index contributed by atoms with van der Waals surface area (Å²) in [4.78, 5) is 37.0. The first-order valence-electron chi connectivity index (χ1n) is 11.4. The van der Waals surface area contributed by atoms with Crippen molar-refractivity contribution in [3.8, 4) is 0 Å². The van der Waals surface area contributed by atoms with E-state index in [4.69, 9.17) is 4.74 Å². The van der Waals surface area contributed by atoms with Gasteiger partial charge in [-0.3, -0.25) is 15.0 Å². The number of thioether (sulfide) groups is 1. The third-order valence-electron chi connectivity index (χ3n) is 5.17. The Bertz CT molecular complexity index is 1100. The first-order chi connectivity index (χ1) is 17.5. The second-order valence-electron chi connectivity index (χ2n) is 7.97. The van der Waals surface area contributed by atoms with Crippen LogP contribution in [0.5, 0.6) is 0 Å². The fraction of sp³-hybridized carbons (Fsp3) is 0.222. The summed E-state index contributed by atoms with van der Waals surface area (Å²) < 4.78 is 5.26. The van der Waals surface area contributed by atoms with Crippen LogP contribution in [0.2, 0.25) is 0 Å². The number of amides is 2. The van der Waals surface area contributed by atoms with Crippen LogP contribution in [0, 0.1) is 0 Å². The standard InChI is InChI=1S/C27H29N3O5S/c31-25(30-29-23(26(32)33)16-20-10-4-1-5-11-20)24(19-36-18-22-14-8-3-9-15-22)28-27(34)35-17-21-12-6-2-7-13-21/h1-15,23-24,29H,16-19H2,(H,28,34)(H,30,31)(H,32,33)/t23-,24-/m0/s1. The Morgan fingerprint density at radius 3 is 1.92 bits per heavy atom. The summed E-state index contributed by atoms with van der Waals surface area (Å²) in [6, 6.07) is 26.1. The molecule has 0 saturated heterocycles. The molecule has 0 aliphatic carbocycles. The van der Waals surface area contributed by atoms with Gasteiger partial charge in [0.05, 0.1) is 0 Å². The minimum atomic E-state index is -1.11. The zero-order chi connectivity index (χ0) is 25.6. The number of benzene rings is 3. The summed E-state index contributed by atoms with van der Waals surface area (Å²) in [5.41, 5.74) is 7.76. The van der Waals surface area contributed by atoms with Crippen molar-refractivity contribution < 1.29 is 24.2 Å². The number of carboxylic acid groups (broad SMARTS) is 1. The van der Waals surface area contributed by atoms with Gasteiger partial charge in [-0.15, -0.1) is 0 Å². The monoisotopic (exact) mass is 507 g/mol. The van der Waals surface area contributed by atoms with E-state index in [0.717, 1.165) is 16.7 Å². The first kappa shape index (κ1) is 26.8. The Hall–Kier alpha value is -3.82. The summed E-state index contributed by atoms with van der Waals surface area (Å²) in [7, 11) is 0. The molecule has 0 aliphatic heterocycles. The Morgan fingerprint density at radius 2 is 1.33 bits per heavy atom. The second-order valence-corrected chi connectivity index (χ2v) is 9.00. The molecule has 8 nitrogen and oxygen atoms in total. The van der Waals surface area contributed by atoms with Crippen molar-refractivity contribution in [2.75, 3.05) is 5.75 Å². The van der Waals surface area contributed by atoms with Gasteiger partial charge in [0.25, 0.3) is 5.91 Å². The lowest BCUT2D eigenvalue weighted by atomic mass is 10.1. The highest BCUT2D eigenvalue weighted by molar-refractivity contribution is 7.98. The van der Waals surface area contributed by atoms with E-state index in [9.17, 15) is 19.5 Å². The van der Waals surface area contributed by atoms with E-state index in [-0.39, 0.29) is 18.8 Å². The highest BCUT2D eigenvalue weighted by Crippen LogP contribution is 2.13. The number of carbonyl (C=O) groups is 3. The van der Waals surface area contributed by atoms with Crippen LogP contribution in [0.3, 0.4) is 0 Å². The number of hydrogen-bond acceptors (Lipinski definition) is 6. The molecule has 0 aliphatic rings. The number of ether oxygens (including phenoxy) is 1. The van der Waals surface area contributed by atoms with Gasteiger partial charge < -0.3 is 15.2 Å². The fourth-order valence-corrected chi connectivity index (χ4v) is 4.27. The molecule has 3 aromatic carbocycles. The third kappa shape index (κ3) is 9.44. The van der Waals surface area contributed by atoms with Crippen LogP contribution in [0.4, 0.5) is 4.79 Å². The Balaban J connectivity index is 1.57. The number of hydrogen-bond donors (Lipinski definition) is 4. The molecule has 3 aromatic rings. The average Bonchev–Trinajstić information content (AvgIpc) is 2.90. The van der Waals surface area contributed by atoms with E-state index in [2.05, 4.69) is 16.2 Å². The topological polar surface area (TPSA) is 117 Å². The molecule has 36 heavy (non-hydrogen) atoms. The number of carboxylic acids is 1. The van der Waals surface area contributed by atoms with Crippen LogP contribution in [-0.2, 0) is 33.1 Å². The quantitative estimate of drug-likeness (QED) is 0.262. The molecule has 188 valence electrons. The van der Waals surface area contributed by atoms with Crippen LogP contribution < -0.4 is 16.2 Å². The molecule has 0 heterocycles. The minimum Gasteiger partial charge on any atom is -0.480 e. The van der Waals surface area contributed by atoms with Crippen LogP contribution >= 0.6 is 11.8 Å². The molecule has 2 amide bonds. The molecule has 0 aromatic heterocycles. The van der Waals surface area contributed by atoms with E-state index in [1.165, 1.54) is 11.8 Å². The van der Waals surface area contributed by atoms with Gasteiger partial charge in [0.1, 0.15) is 18.7 Å². The van der Waals surface area contributed by atoms with E-state index in [0.29, 0.717) is 5.75 Å². The lowest BCUT2D eigenvalue weighted by Gasteiger charge is -2.21. The van der Waals surface area contributed by atoms with E-state index in [1.54, 1.807) is 0 Å². The van der Waals surface area contributed by atoms with Crippen molar-refractivity contribution in [1.82, 2.24) is 16.2 Å². The van der Waals surface area contributed by atoms with Crippen molar-refractivity contribution in [1.29, 1.82) is 0 Å². The molecule has 2 atom stereocenters. The smallest absolute Gasteiger partial charge is 0.408 e. The van der Waals surface area contributed by atoms with Crippen LogP contribution in [0.1, 0.15) is 16.7 Å². The Kier molecular flexibility index (Phi) is 10.8. The zero-order valence-corrected chi connectivity index (χ0v) is 20.4. The molecule has 4 N–H and O–H groups in total. The fourth-order valence-electron chi connectivity index (χ4n) is 3.25. The van der Waals surface area contributed by atoms with Crippen LogP contribution in [0.15, 0.2) is 91.0 Å². The number of alkyl carbamates (subject to hydrolysis) is 1. The highest BCUT2D eigenvalue weighted by atomic mass is 32.2. The molecule has 0 fully saturated rings. The minimum absolute atomic E-state index is 0.0641. The van der Waals surface area contributed by atoms with Crippen molar-refractivity contribution >= 4 is 29.7 Å². The highest BCUT2D eigenvalue weighted by Gasteiger charge is 2.24. The van der Waals surface area contributed by atoms with Gasteiger partial charge in [0.2, 0.25) is 0 Å². The molecular formula is C27H29N3O5S. The van der Waals surface area contributed by atoms with Crippen molar-refractivity contribution in [2.45, 2.75) is 30.9 Å². The van der Waals surface area contributed by atoms with Gasteiger partial charge in [0.15, 0.2) is 0 Å². The molecule has 0 bridgehead atoms. The second kappa shape index (κ2) is 14.6. The molecule has 0 saturated carbocycles. The zero-order valence-electron chi connectivity index (χ0n) is 19.6. The number of aliphatic carboxylic acids is 1. The molecule has 0 radical (unpaired) electrons. The summed E-state index contributed by atoms with van der Waals surface area (Å²) in [5, 5.41) is 12.2. The molecule has 9 heteroatoms. The van der Waals surface area contributed by atoms with Crippen LogP contribution in [-0.4, -0.2) is 40.9 Å². The molecule has 0 spiro atoms. The summed E-state index contributed by atoms with van der Waals surface area (Å²) in [5.74, 6) is -0.764.